The van der Waals surface area contributed by atoms with Gasteiger partial charge in [-0.3, -0.25) is 9.59 Å². The van der Waals surface area contributed by atoms with Crippen LogP contribution in [-0.4, -0.2) is 29.1 Å². The number of carbonyl (C=O) groups is 2. The number of carbonyl (C=O) groups excluding carboxylic acids is 2. The standard InChI is InChI=1S/C20H30O4/c1-11(2)7-18(22)24-17-9-15(12(3)4)10-20(17)13(5)8-16(21)19(23)14(20)6/h8,11,14-15,17,19,23H,3,7,9-10H2,1-2,4-6H3/t14-,15-,17-,19-,20-/m1/s1. The summed E-state index contributed by atoms with van der Waals surface area (Å²) in [6, 6.07) is 0. The van der Waals surface area contributed by atoms with E-state index in [1.54, 1.807) is 0 Å². The molecule has 0 aromatic rings. The molecule has 24 heavy (non-hydrogen) atoms. The monoisotopic (exact) mass is 334 g/mol. The molecule has 2 rings (SSSR count). The van der Waals surface area contributed by atoms with Gasteiger partial charge in [0, 0.05) is 17.8 Å². The minimum absolute atomic E-state index is 0.205. The largest absolute Gasteiger partial charge is 0.461 e. The SMILES string of the molecule is C=C(C)[C@@H]1C[C@@H](OC(=O)CC(C)C)[C@]2(C1)C(C)=CC(=O)[C@H](O)[C@H]2C. The van der Waals surface area contributed by atoms with Crippen molar-refractivity contribution in [1.29, 1.82) is 0 Å². The molecule has 1 N–H and O–H groups in total. The molecule has 1 fully saturated rings. The van der Waals surface area contributed by atoms with E-state index in [9.17, 15) is 14.7 Å². The van der Waals surface area contributed by atoms with E-state index in [0.29, 0.717) is 12.8 Å². The Bertz CT molecular complexity index is 574. The van der Waals surface area contributed by atoms with Gasteiger partial charge in [0.2, 0.25) is 0 Å². The van der Waals surface area contributed by atoms with Crippen LogP contribution in [0.1, 0.15) is 53.9 Å². The lowest BCUT2D eigenvalue weighted by Crippen LogP contribution is -2.50. The van der Waals surface area contributed by atoms with E-state index in [0.717, 1.165) is 17.6 Å². The molecule has 134 valence electrons. The lowest BCUT2D eigenvalue weighted by Gasteiger charge is -2.45. The van der Waals surface area contributed by atoms with Gasteiger partial charge in [-0.1, -0.05) is 38.5 Å². The summed E-state index contributed by atoms with van der Waals surface area (Å²) >= 11 is 0. The first-order valence-electron chi connectivity index (χ1n) is 8.85. The maximum Gasteiger partial charge on any atom is 0.306 e. The highest BCUT2D eigenvalue weighted by Crippen LogP contribution is 2.57. The molecule has 0 saturated heterocycles. The molecular formula is C20H30O4. The summed E-state index contributed by atoms with van der Waals surface area (Å²) in [5, 5.41) is 10.4. The van der Waals surface area contributed by atoms with E-state index >= 15 is 0 Å². The molecule has 2 aliphatic carbocycles. The molecule has 0 aromatic heterocycles. The number of aliphatic hydroxyl groups excluding tert-OH is 1. The molecule has 4 nitrogen and oxygen atoms in total. The zero-order chi connectivity index (χ0) is 18.2. The summed E-state index contributed by atoms with van der Waals surface area (Å²) in [4.78, 5) is 24.3. The van der Waals surface area contributed by atoms with Crippen molar-refractivity contribution < 1.29 is 19.4 Å². The number of allylic oxidation sites excluding steroid dienone is 1. The number of ether oxygens (including phenoxy) is 1. The Morgan fingerprint density at radius 3 is 2.67 bits per heavy atom. The van der Waals surface area contributed by atoms with Gasteiger partial charge < -0.3 is 9.84 Å². The third-order valence-corrected chi connectivity index (χ3v) is 5.87. The minimum atomic E-state index is -1.04. The van der Waals surface area contributed by atoms with Crippen molar-refractivity contribution in [2.75, 3.05) is 0 Å². The van der Waals surface area contributed by atoms with Gasteiger partial charge in [-0.2, -0.15) is 0 Å². The van der Waals surface area contributed by atoms with Crippen LogP contribution in [0.15, 0.2) is 23.8 Å². The van der Waals surface area contributed by atoms with Crippen molar-refractivity contribution in [3.63, 3.8) is 0 Å². The predicted octanol–water partition coefficient (Wildman–Crippen LogP) is 3.44. The minimum Gasteiger partial charge on any atom is -0.461 e. The smallest absolute Gasteiger partial charge is 0.306 e. The molecule has 0 amide bonds. The number of ketones is 1. The summed E-state index contributed by atoms with van der Waals surface area (Å²) in [5.74, 6) is -0.275. The highest BCUT2D eigenvalue weighted by atomic mass is 16.5. The summed E-state index contributed by atoms with van der Waals surface area (Å²) in [6.45, 7) is 13.8. The molecule has 5 atom stereocenters. The van der Waals surface area contributed by atoms with Crippen LogP contribution < -0.4 is 0 Å². The normalized spacial score (nSPS) is 36.1. The molecule has 0 aliphatic heterocycles. The van der Waals surface area contributed by atoms with Gasteiger partial charge in [0.05, 0.1) is 0 Å². The van der Waals surface area contributed by atoms with Crippen molar-refractivity contribution >= 4 is 11.8 Å². The molecule has 1 saturated carbocycles. The Hall–Kier alpha value is -1.42. The van der Waals surface area contributed by atoms with Gasteiger partial charge in [0.25, 0.3) is 0 Å². The Morgan fingerprint density at radius 2 is 2.12 bits per heavy atom. The summed E-state index contributed by atoms with van der Waals surface area (Å²) in [7, 11) is 0. The number of rotatable bonds is 4. The second kappa shape index (κ2) is 6.83. The van der Waals surface area contributed by atoms with Crippen LogP contribution in [0.3, 0.4) is 0 Å². The first kappa shape index (κ1) is 18.9. The fourth-order valence-corrected chi connectivity index (χ4v) is 4.37. The van der Waals surface area contributed by atoms with Crippen molar-refractivity contribution in [3.05, 3.63) is 23.8 Å². The third-order valence-electron chi connectivity index (χ3n) is 5.87. The zero-order valence-electron chi connectivity index (χ0n) is 15.5. The lowest BCUT2D eigenvalue weighted by molar-refractivity contribution is -0.158. The highest BCUT2D eigenvalue weighted by Gasteiger charge is 2.57. The van der Waals surface area contributed by atoms with Crippen molar-refractivity contribution in [1.82, 2.24) is 0 Å². The molecule has 0 aromatic carbocycles. The fourth-order valence-electron chi connectivity index (χ4n) is 4.37. The Balaban J connectivity index is 2.39. The Morgan fingerprint density at radius 1 is 1.50 bits per heavy atom. The second-order valence-electron chi connectivity index (χ2n) is 8.06. The Labute approximate surface area is 145 Å². The van der Waals surface area contributed by atoms with Crippen LogP contribution in [0.5, 0.6) is 0 Å². The van der Waals surface area contributed by atoms with E-state index in [2.05, 4.69) is 6.58 Å². The third kappa shape index (κ3) is 3.21. The molecular weight excluding hydrogens is 304 g/mol. The van der Waals surface area contributed by atoms with E-state index in [1.807, 2.05) is 34.6 Å². The number of aliphatic hydroxyl groups is 1. The Kier molecular flexibility index (Phi) is 5.38. The van der Waals surface area contributed by atoms with E-state index in [1.165, 1.54) is 6.08 Å². The molecule has 4 heteroatoms. The molecule has 0 heterocycles. The van der Waals surface area contributed by atoms with Crippen LogP contribution in [-0.2, 0) is 14.3 Å². The van der Waals surface area contributed by atoms with Gasteiger partial charge in [-0.05, 0) is 44.6 Å². The second-order valence-corrected chi connectivity index (χ2v) is 8.06. The number of hydrogen-bond acceptors (Lipinski definition) is 4. The van der Waals surface area contributed by atoms with Gasteiger partial charge in [0.15, 0.2) is 5.78 Å². The quantitative estimate of drug-likeness (QED) is 0.632. The van der Waals surface area contributed by atoms with E-state index < -0.39 is 11.5 Å². The molecule has 2 aliphatic rings. The first-order chi connectivity index (χ1) is 11.1. The summed E-state index contributed by atoms with van der Waals surface area (Å²) in [5.41, 5.74) is 1.49. The van der Waals surface area contributed by atoms with Gasteiger partial charge in [-0.25, -0.2) is 0 Å². The molecule has 1 spiro atoms. The molecule has 0 unspecified atom stereocenters. The average molecular weight is 334 g/mol. The van der Waals surface area contributed by atoms with Crippen molar-refractivity contribution in [3.8, 4) is 0 Å². The topological polar surface area (TPSA) is 63.6 Å². The van der Waals surface area contributed by atoms with Crippen LogP contribution >= 0.6 is 0 Å². The highest BCUT2D eigenvalue weighted by molar-refractivity contribution is 5.95. The maximum absolute atomic E-state index is 12.3. The van der Waals surface area contributed by atoms with Crippen LogP contribution in [0.4, 0.5) is 0 Å². The van der Waals surface area contributed by atoms with E-state index in [4.69, 9.17) is 4.74 Å². The predicted molar refractivity (Wildman–Crippen MR) is 93.2 cm³/mol. The van der Waals surface area contributed by atoms with E-state index in [-0.39, 0.29) is 35.6 Å². The maximum atomic E-state index is 12.3. The van der Waals surface area contributed by atoms with Crippen LogP contribution in [0.25, 0.3) is 0 Å². The average Bonchev–Trinajstić information content (AvgIpc) is 2.83. The molecule has 0 radical (unpaired) electrons. The van der Waals surface area contributed by atoms with Crippen LogP contribution in [0.2, 0.25) is 0 Å². The number of esters is 1. The van der Waals surface area contributed by atoms with Crippen LogP contribution in [0, 0.1) is 23.2 Å². The molecule has 0 bridgehead atoms. The summed E-state index contributed by atoms with van der Waals surface area (Å²) in [6.07, 6.45) is 2.02. The summed E-state index contributed by atoms with van der Waals surface area (Å²) < 4.78 is 5.88. The fraction of sp³-hybridized carbons (Fsp3) is 0.700. The first-order valence-corrected chi connectivity index (χ1v) is 8.85. The number of hydrogen-bond donors (Lipinski definition) is 1. The van der Waals surface area contributed by atoms with Gasteiger partial charge >= 0.3 is 5.97 Å². The zero-order valence-corrected chi connectivity index (χ0v) is 15.5. The van der Waals surface area contributed by atoms with Gasteiger partial charge in [0.1, 0.15) is 12.2 Å². The van der Waals surface area contributed by atoms with Crippen molar-refractivity contribution in [2.24, 2.45) is 23.2 Å². The lowest BCUT2D eigenvalue weighted by atomic mass is 9.62. The van der Waals surface area contributed by atoms with Crippen molar-refractivity contribution in [2.45, 2.75) is 66.1 Å². The van der Waals surface area contributed by atoms with Gasteiger partial charge in [-0.15, -0.1) is 0 Å².